The van der Waals surface area contributed by atoms with Crippen molar-refractivity contribution in [2.24, 2.45) is 0 Å². The number of amides is 1. The summed E-state index contributed by atoms with van der Waals surface area (Å²) in [6.07, 6.45) is 1.62. The normalized spacial score (nSPS) is 11.0. The molecule has 0 saturated heterocycles. The highest BCUT2D eigenvalue weighted by molar-refractivity contribution is 7.99. The molecule has 32 heavy (non-hydrogen) atoms. The van der Waals surface area contributed by atoms with Crippen molar-refractivity contribution in [2.45, 2.75) is 39.1 Å². The molecule has 166 valence electrons. The van der Waals surface area contributed by atoms with Gasteiger partial charge in [0.1, 0.15) is 23.1 Å². The number of hydrogen-bond acceptors (Lipinski definition) is 9. The first-order valence-corrected chi connectivity index (χ1v) is 11.7. The number of aromatic nitrogens is 5. The zero-order valence-electron chi connectivity index (χ0n) is 17.9. The van der Waals surface area contributed by atoms with E-state index >= 15 is 0 Å². The van der Waals surface area contributed by atoms with Gasteiger partial charge in [0.15, 0.2) is 11.0 Å². The fourth-order valence-electron chi connectivity index (χ4n) is 2.91. The number of anilines is 1. The van der Waals surface area contributed by atoms with Crippen LogP contribution in [-0.2, 0) is 17.9 Å². The van der Waals surface area contributed by atoms with Crippen LogP contribution in [0.4, 0.5) is 5.13 Å². The number of ether oxygens (including phenoxy) is 1. The first-order chi connectivity index (χ1) is 15.5. The van der Waals surface area contributed by atoms with Gasteiger partial charge in [-0.15, -0.1) is 20.4 Å². The number of nitrogens with one attached hydrogen (secondary N) is 1. The van der Waals surface area contributed by atoms with Gasteiger partial charge in [-0.25, -0.2) is 0 Å². The summed E-state index contributed by atoms with van der Waals surface area (Å²) in [7, 11) is 0. The number of benzene rings is 1. The Morgan fingerprint density at radius 2 is 2.03 bits per heavy atom. The molecule has 4 aromatic rings. The number of furan rings is 1. The third-order valence-corrected chi connectivity index (χ3v) is 6.42. The molecule has 1 aromatic carbocycles. The third kappa shape index (κ3) is 5.35. The summed E-state index contributed by atoms with van der Waals surface area (Å²) >= 11 is 2.62. The summed E-state index contributed by atoms with van der Waals surface area (Å²) in [6.45, 7) is 6.59. The SMILES string of the molecule is Cc1nnc(NC(=O)CSc2nnc(COc3cccc(C)c3C)n2Cc2ccco2)s1. The number of carbonyl (C=O) groups excluding carboxylic acids is 1. The molecule has 4 rings (SSSR count). The topological polar surface area (TPSA) is 108 Å². The summed E-state index contributed by atoms with van der Waals surface area (Å²) < 4.78 is 13.4. The molecule has 1 amide bonds. The lowest BCUT2D eigenvalue weighted by Crippen LogP contribution is -2.15. The highest BCUT2D eigenvalue weighted by Gasteiger charge is 2.17. The van der Waals surface area contributed by atoms with E-state index in [2.05, 4.69) is 25.7 Å². The number of aryl methyl sites for hydroxylation is 2. The predicted octanol–water partition coefficient (Wildman–Crippen LogP) is 4.01. The Hall–Kier alpha value is -3.18. The minimum Gasteiger partial charge on any atom is -0.485 e. The maximum absolute atomic E-state index is 12.3. The van der Waals surface area contributed by atoms with Crippen LogP contribution in [0.3, 0.4) is 0 Å². The molecular formula is C21H22N6O3S2. The van der Waals surface area contributed by atoms with Gasteiger partial charge in [-0.05, 0) is 50.1 Å². The maximum Gasteiger partial charge on any atom is 0.236 e. The lowest BCUT2D eigenvalue weighted by atomic mass is 10.1. The van der Waals surface area contributed by atoms with E-state index in [0.717, 1.165) is 27.6 Å². The molecule has 0 bridgehead atoms. The van der Waals surface area contributed by atoms with Crippen LogP contribution in [0.1, 0.15) is 27.7 Å². The van der Waals surface area contributed by atoms with Crippen LogP contribution in [0.2, 0.25) is 0 Å². The Bertz CT molecular complexity index is 1200. The van der Waals surface area contributed by atoms with Crippen LogP contribution in [0, 0.1) is 20.8 Å². The van der Waals surface area contributed by atoms with Crippen molar-refractivity contribution in [1.29, 1.82) is 0 Å². The quantitative estimate of drug-likeness (QED) is 0.366. The van der Waals surface area contributed by atoms with E-state index < -0.39 is 0 Å². The van der Waals surface area contributed by atoms with Crippen LogP contribution >= 0.6 is 23.1 Å². The van der Waals surface area contributed by atoms with Crippen molar-refractivity contribution in [3.05, 3.63) is 64.3 Å². The standard InChI is InChI=1S/C21H22N6O3S2/c1-13-6-4-8-17(14(13)2)30-11-18-24-26-21(27(18)10-16-7-5-9-29-16)31-12-19(28)22-20-25-23-15(3)32-20/h4-9H,10-12H2,1-3H3,(H,22,25,28). The molecule has 0 aliphatic carbocycles. The van der Waals surface area contributed by atoms with Crippen molar-refractivity contribution in [1.82, 2.24) is 25.0 Å². The number of hydrogen-bond donors (Lipinski definition) is 1. The maximum atomic E-state index is 12.3. The van der Waals surface area contributed by atoms with Crippen molar-refractivity contribution >= 4 is 34.1 Å². The van der Waals surface area contributed by atoms with E-state index in [1.165, 1.54) is 23.1 Å². The number of thioether (sulfide) groups is 1. The molecule has 0 saturated carbocycles. The van der Waals surface area contributed by atoms with Gasteiger partial charge in [0, 0.05) is 0 Å². The minimum atomic E-state index is -0.188. The summed E-state index contributed by atoms with van der Waals surface area (Å²) in [6, 6.07) is 9.66. The first-order valence-electron chi connectivity index (χ1n) is 9.86. The van der Waals surface area contributed by atoms with E-state index in [-0.39, 0.29) is 18.3 Å². The molecule has 3 heterocycles. The van der Waals surface area contributed by atoms with Crippen molar-refractivity contribution in [3.63, 3.8) is 0 Å². The van der Waals surface area contributed by atoms with Gasteiger partial charge in [-0.1, -0.05) is 35.2 Å². The minimum absolute atomic E-state index is 0.159. The second-order valence-corrected chi connectivity index (χ2v) is 9.14. The van der Waals surface area contributed by atoms with Crippen LogP contribution < -0.4 is 10.1 Å². The van der Waals surface area contributed by atoms with Crippen LogP contribution in [0.5, 0.6) is 5.75 Å². The van der Waals surface area contributed by atoms with E-state index in [1.54, 1.807) is 6.26 Å². The highest BCUT2D eigenvalue weighted by Crippen LogP contribution is 2.24. The predicted molar refractivity (Wildman–Crippen MR) is 122 cm³/mol. The lowest BCUT2D eigenvalue weighted by Gasteiger charge is -2.12. The van der Waals surface area contributed by atoms with Gasteiger partial charge in [0.05, 0.1) is 18.6 Å². The van der Waals surface area contributed by atoms with Crippen LogP contribution in [0.15, 0.2) is 46.2 Å². The fraction of sp³-hybridized carbons (Fsp3) is 0.286. The highest BCUT2D eigenvalue weighted by atomic mass is 32.2. The Balaban J connectivity index is 1.47. The average molecular weight is 471 g/mol. The molecular weight excluding hydrogens is 448 g/mol. The molecule has 0 radical (unpaired) electrons. The second kappa shape index (κ2) is 9.96. The van der Waals surface area contributed by atoms with Gasteiger partial charge in [0.2, 0.25) is 11.0 Å². The number of carbonyl (C=O) groups is 1. The molecule has 3 aromatic heterocycles. The largest absolute Gasteiger partial charge is 0.485 e. The lowest BCUT2D eigenvalue weighted by molar-refractivity contribution is -0.113. The van der Waals surface area contributed by atoms with Gasteiger partial charge in [-0.3, -0.25) is 14.7 Å². The fourth-order valence-corrected chi connectivity index (χ4v) is 4.27. The molecule has 0 aliphatic heterocycles. The van der Waals surface area contributed by atoms with Crippen molar-refractivity contribution < 1.29 is 13.9 Å². The third-order valence-electron chi connectivity index (χ3n) is 4.70. The molecule has 0 atom stereocenters. The Morgan fingerprint density at radius 3 is 2.78 bits per heavy atom. The summed E-state index contributed by atoms with van der Waals surface area (Å²) in [4.78, 5) is 12.3. The first kappa shape index (κ1) is 22.0. The van der Waals surface area contributed by atoms with E-state index in [4.69, 9.17) is 9.15 Å². The van der Waals surface area contributed by atoms with Crippen LogP contribution in [-0.4, -0.2) is 36.6 Å². The molecule has 0 fully saturated rings. The number of rotatable bonds is 9. The Kier molecular flexibility index (Phi) is 6.86. The molecule has 1 N–H and O–H groups in total. The van der Waals surface area contributed by atoms with Gasteiger partial charge in [0.25, 0.3) is 0 Å². The average Bonchev–Trinajstić information content (AvgIpc) is 3.51. The summed E-state index contributed by atoms with van der Waals surface area (Å²) in [5.74, 6) is 2.18. The molecule has 0 unspecified atom stereocenters. The van der Waals surface area contributed by atoms with Crippen molar-refractivity contribution in [2.75, 3.05) is 11.1 Å². The van der Waals surface area contributed by atoms with E-state index in [9.17, 15) is 4.79 Å². The second-order valence-electron chi connectivity index (χ2n) is 7.01. The van der Waals surface area contributed by atoms with Gasteiger partial charge in [-0.2, -0.15) is 0 Å². The Morgan fingerprint density at radius 1 is 1.16 bits per heavy atom. The molecule has 0 aliphatic rings. The zero-order valence-corrected chi connectivity index (χ0v) is 19.5. The zero-order chi connectivity index (χ0) is 22.5. The monoisotopic (exact) mass is 470 g/mol. The van der Waals surface area contributed by atoms with Crippen LogP contribution in [0.25, 0.3) is 0 Å². The van der Waals surface area contributed by atoms with E-state index in [0.29, 0.717) is 22.7 Å². The van der Waals surface area contributed by atoms with Gasteiger partial charge < -0.3 is 9.15 Å². The van der Waals surface area contributed by atoms with E-state index in [1.807, 2.05) is 55.7 Å². The smallest absolute Gasteiger partial charge is 0.236 e. The summed E-state index contributed by atoms with van der Waals surface area (Å²) in [5.41, 5.74) is 2.25. The number of nitrogens with zero attached hydrogens (tertiary/aromatic N) is 5. The summed E-state index contributed by atoms with van der Waals surface area (Å²) in [5, 5.41) is 21.0. The Labute approximate surface area is 193 Å². The molecule has 0 spiro atoms. The van der Waals surface area contributed by atoms with Crippen molar-refractivity contribution in [3.8, 4) is 5.75 Å². The molecule has 11 heteroatoms. The van der Waals surface area contributed by atoms with Gasteiger partial charge >= 0.3 is 0 Å². The molecule has 9 nitrogen and oxygen atoms in total.